The summed E-state index contributed by atoms with van der Waals surface area (Å²) in [7, 11) is -3.08. The third-order valence-corrected chi connectivity index (χ3v) is 9.15. The van der Waals surface area contributed by atoms with Crippen LogP contribution < -0.4 is 5.56 Å². The molecule has 0 spiro atoms. The van der Waals surface area contributed by atoms with Crippen LogP contribution in [0, 0.1) is 6.92 Å². The van der Waals surface area contributed by atoms with Gasteiger partial charge in [0.05, 0.1) is 34.7 Å². The highest BCUT2D eigenvalue weighted by atomic mass is 32.2. The Bertz CT molecular complexity index is 1400. The first-order chi connectivity index (χ1) is 16.3. The molecule has 1 aromatic heterocycles. The molecule has 2 aliphatic rings. The smallest absolute Gasteiger partial charge is 0.262 e. The molecule has 7 nitrogen and oxygen atoms in total. The van der Waals surface area contributed by atoms with Crippen molar-refractivity contribution in [3.05, 3.63) is 70.0 Å². The second kappa shape index (κ2) is 9.19. The predicted molar refractivity (Wildman–Crippen MR) is 134 cm³/mol. The van der Waals surface area contributed by atoms with E-state index in [1.54, 1.807) is 21.6 Å². The zero-order valence-electron chi connectivity index (χ0n) is 19.0. The molecule has 2 aromatic carbocycles. The van der Waals surface area contributed by atoms with Crippen LogP contribution in [0.15, 0.2) is 58.5 Å². The molecule has 2 fully saturated rings. The topological polar surface area (TPSA) is 89.3 Å². The fraction of sp³-hybridized carbons (Fsp3) is 0.400. The van der Waals surface area contributed by atoms with E-state index in [2.05, 4.69) is 0 Å². The Balaban J connectivity index is 1.42. The van der Waals surface area contributed by atoms with Crippen LogP contribution >= 0.6 is 11.8 Å². The number of hydrogen-bond donors (Lipinski definition) is 0. The molecule has 178 valence electrons. The minimum absolute atomic E-state index is 0.0479. The Morgan fingerprint density at radius 1 is 1.09 bits per heavy atom. The number of fused-ring (bicyclic) bond motifs is 1. The highest BCUT2D eigenvalue weighted by Gasteiger charge is 2.42. The largest absolute Gasteiger partial charge is 0.335 e. The number of rotatable bonds is 7. The minimum Gasteiger partial charge on any atom is -0.335 e. The Labute approximate surface area is 203 Å². The van der Waals surface area contributed by atoms with Gasteiger partial charge in [0.25, 0.3) is 5.56 Å². The lowest BCUT2D eigenvalue weighted by Crippen LogP contribution is -2.43. The Kier molecular flexibility index (Phi) is 6.24. The van der Waals surface area contributed by atoms with Crippen LogP contribution in [0.2, 0.25) is 0 Å². The van der Waals surface area contributed by atoms with E-state index in [0.29, 0.717) is 29.0 Å². The lowest BCUT2D eigenvalue weighted by Gasteiger charge is -2.28. The van der Waals surface area contributed by atoms with Gasteiger partial charge in [-0.25, -0.2) is 13.4 Å². The van der Waals surface area contributed by atoms with Crippen LogP contribution in [0.25, 0.3) is 10.9 Å². The lowest BCUT2D eigenvalue weighted by atomic mass is 10.1. The van der Waals surface area contributed by atoms with Crippen LogP contribution in [-0.4, -0.2) is 58.1 Å². The second-order valence-corrected chi connectivity index (χ2v) is 12.3. The van der Waals surface area contributed by atoms with Crippen LogP contribution in [0.4, 0.5) is 0 Å². The van der Waals surface area contributed by atoms with Crippen LogP contribution in [0.1, 0.15) is 30.4 Å². The average molecular weight is 498 g/mol. The first-order valence-electron chi connectivity index (χ1n) is 11.5. The van der Waals surface area contributed by atoms with Crippen molar-refractivity contribution >= 4 is 38.4 Å². The molecule has 1 unspecified atom stereocenters. The van der Waals surface area contributed by atoms with Crippen LogP contribution in [-0.2, 0) is 21.2 Å². The van der Waals surface area contributed by atoms with Gasteiger partial charge in [-0.3, -0.25) is 14.2 Å². The number of sulfone groups is 1. The molecule has 1 aliphatic carbocycles. The molecule has 1 saturated carbocycles. The van der Waals surface area contributed by atoms with Gasteiger partial charge < -0.3 is 4.90 Å². The molecule has 34 heavy (non-hydrogen) atoms. The van der Waals surface area contributed by atoms with Gasteiger partial charge in [-0.2, -0.15) is 0 Å². The highest BCUT2D eigenvalue weighted by Crippen LogP contribution is 2.33. The van der Waals surface area contributed by atoms with Crippen molar-refractivity contribution in [3.8, 4) is 0 Å². The van der Waals surface area contributed by atoms with Crippen molar-refractivity contribution < 1.29 is 13.2 Å². The predicted octanol–water partition coefficient (Wildman–Crippen LogP) is 3.02. The SMILES string of the molecule is Cc1ccc(Cn2c(SCC(=O)N(C3CC3)C3CCS(=O)(=O)C3)nc3ccccc3c2=O)cc1. The maximum atomic E-state index is 13.3. The van der Waals surface area contributed by atoms with Crippen LogP contribution in [0.5, 0.6) is 0 Å². The first-order valence-corrected chi connectivity index (χ1v) is 14.3. The van der Waals surface area contributed by atoms with Gasteiger partial charge in [-0.05, 0) is 43.9 Å². The highest BCUT2D eigenvalue weighted by molar-refractivity contribution is 7.99. The molecule has 0 N–H and O–H groups in total. The van der Waals surface area contributed by atoms with E-state index in [1.165, 1.54) is 11.8 Å². The summed E-state index contributed by atoms with van der Waals surface area (Å²) in [6, 6.07) is 15.1. The van der Waals surface area contributed by atoms with E-state index in [0.717, 1.165) is 24.0 Å². The number of hydrogen-bond acceptors (Lipinski definition) is 6. The second-order valence-electron chi connectivity index (χ2n) is 9.17. The van der Waals surface area contributed by atoms with Gasteiger partial charge >= 0.3 is 0 Å². The number of carbonyl (C=O) groups excluding carboxylic acids is 1. The zero-order valence-corrected chi connectivity index (χ0v) is 20.6. The maximum Gasteiger partial charge on any atom is 0.262 e. The minimum atomic E-state index is -3.08. The molecule has 9 heteroatoms. The van der Waals surface area contributed by atoms with Crippen molar-refractivity contribution in [2.45, 2.75) is 50.0 Å². The number of carbonyl (C=O) groups is 1. The van der Waals surface area contributed by atoms with Gasteiger partial charge in [0.1, 0.15) is 0 Å². The van der Waals surface area contributed by atoms with E-state index in [-0.39, 0.29) is 40.8 Å². The summed E-state index contributed by atoms with van der Waals surface area (Å²) in [6.07, 6.45) is 2.33. The molecule has 5 rings (SSSR count). The molecule has 1 atom stereocenters. The van der Waals surface area contributed by atoms with Crippen molar-refractivity contribution in [2.24, 2.45) is 0 Å². The number of aryl methyl sites for hydroxylation is 1. The van der Waals surface area contributed by atoms with Crippen molar-refractivity contribution in [2.75, 3.05) is 17.3 Å². The van der Waals surface area contributed by atoms with Gasteiger partial charge in [-0.15, -0.1) is 0 Å². The molecular formula is C25H27N3O4S2. The number of nitrogens with zero attached hydrogens (tertiary/aromatic N) is 3. The molecule has 1 saturated heterocycles. The summed E-state index contributed by atoms with van der Waals surface area (Å²) in [6.45, 7) is 2.38. The molecule has 1 amide bonds. The Hall–Kier alpha value is -2.65. The summed E-state index contributed by atoms with van der Waals surface area (Å²) < 4.78 is 25.6. The van der Waals surface area contributed by atoms with Crippen molar-refractivity contribution in [3.63, 3.8) is 0 Å². The molecule has 0 bridgehead atoms. The monoisotopic (exact) mass is 497 g/mol. The Morgan fingerprint density at radius 2 is 1.82 bits per heavy atom. The summed E-state index contributed by atoms with van der Waals surface area (Å²) in [5.41, 5.74) is 2.58. The number of aromatic nitrogens is 2. The molecule has 1 aliphatic heterocycles. The third-order valence-electron chi connectivity index (χ3n) is 6.44. The van der Waals surface area contributed by atoms with Gasteiger partial charge in [0, 0.05) is 12.1 Å². The summed E-state index contributed by atoms with van der Waals surface area (Å²) in [5, 5.41) is 1.04. The van der Waals surface area contributed by atoms with Gasteiger partial charge in [-0.1, -0.05) is 53.7 Å². The summed E-state index contributed by atoms with van der Waals surface area (Å²) >= 11 is 1.25. The molecule has 3 aromatic rings. The number of thioether (sulfide) groups is 1. The summed E-state index contributed by atoms with van der Waals surface area (Å²) in [4.78, 5) is 33.1. The van der Waals surface area contributed by atoms with E-state index in [4.69, 9.17) is 4.98 Å². The third kappa shape index (κ3) is 4.90. The number of benzene rings is 2. The lowest BCUT2D eigenvalue weighted by molar-refractivity contribution is -0.130. The fourth-order valence-corrected chi connectivity index (χ4v) is 7.11. The average Bonchev–Trinajstić information content (AvgIpc) is 3.58. The number of amides is 1. The van der Waals surface area contributed by atoms with Gasteiger partial charge in [0.15, 0.2) is 15.0 Å². The maximum absolute atomic E-state index is 13.3. The first kappa shape index (κ1) is 23.1. The van der Waals surface area contributed by atoms with E-state index < -0.39 is 9.84 Å². The van der Waals surface area contributed by atoms with Gasteiger partial charge in [0.2, 0.25) is 5.91 Å². The van der Waals surface area contributed by atoms with Crippen molar-refractivity contribution in [1.29, 1.82) is 0 Å². The van der Waals surface area contributed by atoms with Crippen molar-refractivity contribution in [1.82, 2.24) is 14.5 Å². The zero-order chi connectivity index (χ0) is 23.9. The van der Waals surface area contributed by atoms with Crippen LogP contribution in [0.3, 0.4) is 0 Å². The summed E-state index contributed by atoms with van der Waals surface area (Å²) in [5.74, 6) is 0.223. The molecule has 2 heterocycles. The quantitative estimate of drug-likeness (QED) is 0.368. The van der Waals surface area contributed by atoms with E-state index in [1.807, 2.05) is 43.3 Å². The fourth-order valence-electron chi connectivity index (χ4n) is 4.53. The molecule has 0 radical (unpaired) electrons. The normalized spacial score (nSPS) is 19.4. The van der Waals surface area contributed by atoms with E-state index in [9.17, 15) is 18.0 Å². The molecular weight excluding hydrogens is 470 g/mol. The van der Waals surface area contributed by atoms with E-state index >= 15 is 0 Å². The standard InChI is InChI=1S/C25H27N3O4S2/c1-17-6-8-18(9-7-17)14-27-24(30)21-4-2-3-5-22(21)26-25(27)33-15-23(29)28(19-10-11-19)20-12-13-34(31,32)16-20/h2-9,19-20H,10-16H2,1H3. The Morgan fingerprint density at radius 3 is 2.50 bits per heavy atom. The number of para-hydroxylation sites is 1.